The van der Waals surface area contributed by atoms with Gasteiger partial charge in [0.1, 0.15) is 5.01 Å². The molecule has 0 spiro atoms. The van der Waals surface area contributed by atoms with Gasteiger partial charge < -0.3 is 5.32 Å². The molecule has 1 aromatic heterocycles. The van der Waals surface area contributed by atoms with Crippen molar-refractivity contribution in [2.75, 3.05) is 12.0 Å². The summed E-state index contributed by atoms with van der Waals surface area (Å²) in [6.07, 6.45) is 6.06. The lowest BCUT2D eigenvalue weighted by atomic mass is 10.2. The summed E-state index contributed by atoms with van der Waals surface area (Å²) in [7, 11) is 0. The molecule has 0 saturated heterocycles. The topological polar surface area (TPSA) is 24.9 Å². The van der Waals surface area contributed by atoms with Crippen LogP contribution >= 0.6 is 23.1 Å². The zero-order valence-electron chi connectivity index (χ0n) is 10.2. The van der Waals surface area contributed by atoms with Crippen molar-refractivity contribution in [1.29, 1.82) is 0 Å². The lowest BCUT2D eigenvalue weighted by molar-refractivity contribution is 0.517. The Morgan fingerprint density at radius 1 is 1.50 bits per heavy atom. The van der Waals surface area contributed by atoms with Gasteiger partial charge in [0.05, 0.1) is 11.7 Å². The smallest absolute Gasteiger partial charge is 0.110 e. The Labute approximate surface area is 106 Å². The number of hydrogen-bond acceptors (Lipinski definition) is 4. The van der Waals surface area contributed by atoms with Gasteiger partial charge >= 0.3 is 0 Å². The molecule has 16 heavy (non-hydrogen) atoms. The zero-order chi connectivity index (χ0) is 11.5. The monoisotopic (exact) mass is 256 g/mol. The maximum absolute atomic E-state index is 4.69. The van der Waals surface area contributed by atoms with Crippen molar-refractivity contribution in [3.63, 3.8) is 0 Å². The summed E-state index contributed by atoms with van der Waals surface area (Å²) in [5.41, 5.74) is 1.20. The molecule has 0 aliphatic heterocycles. The highest BCUT2D eigenvalue weighted by Crippen LogP contribution is 2.30. The summed E-state index contributed by atoms with van der Waals surface area (Å²) >= 11 is 3.78. The van der Waals surface area contributed by atoms with E-state index in [1.54, 1.807) is 0 Å². The van der Waals surface area contributed by atoms with Crippen LogP contribution in [0.5, 0.6) is 0 Å². The molecule has 2 nitrogen and oxygen atoms in total. The van der Waals surface area contributed by atoms with Crippen molar-refractivity contribution in [2.24, 2.45) is 0 Å². The van der Waals surface area contributed by atoms with E-state index in [9.17, 15) is 0 Å². The molecule has 1 aliphatic rings. The van der Waals surface area contributed by atoms with Crippen LogP contribution in [0.15, 0.2) is 0 Å². The summed E-state index contributed by atoms with van der Waals surface area (Å²) < 4.78 is 0. The van der Waals surface area contributed by atoms with Crippen LogP contribution in [-0.2, 0) is 0 Å². The fourth-order valence-electron chi connectivity index (χ4n) is 1.69. The van der Waals surface area contributed by atoms with Crippen LogP contribution in [0.3, 0.4) is 0 Å². The lowest BCUT2D eigenvalue weighted by Crippen LogP contribution is -2.23. The van der Waals surface area contributed by atoms with E-state index >= 15 is 0 Å². The summed E-state index contributed by atoms with van der Waals surface area (Å²) in [4.78, 5) is 6.05. The average Bonchev–Trinajstić information content (AvgIpc) is 3.01. The maximum Gasteiger partial charge on any atom is 0.110 e. The van der Waals surface area contributed by atoms with Crippen molar-refractivity contribution < 1.29 is 0 Å². The Hall–Kier alpha value is -0.0600. The second-order valence-corrected chi connectivity index (χ2v) is 6.69. The van der Waals surface area contributed by atoms with Crippen molar-refractivity contribution in [1.82, 2.24) is 10.3 Å². The number of aromatic nitrogens is 1. The van der Waals surface area contributed by atoms with Crippen LogP contribution < -0.4 is 5.32 Å². The second kappa shape index (κ2) is 5.52. The number of aryl methyl sites for hydroxylation is 2. The standard InChI is InChI=1S/C12H20N2S2/c1-8-9(2)16-12(13-8)11(6-7-15-3)14-10-4-5-10/h10-11,14H,4-7H2,1-3H3. The third-order valence-electron chi connectivity index (χ3n) is 2.97. The van der Waals surface area contributed by atoms with Crippen molar-refractivity contribution in [2.45, 2.75) is 45.2 Å². The molecule has 90 valence electrons. The van der Waals surface area contributed by atoms with Gasteiger partial charge in [0.15, 0.2) is 0 Å². The highest BCUT2D eigenvalue weighted by molar-refractivity contribution is 7.98. The molecule has 0 bridgehead atoms. The van der Waals surface area contributed by atoms with E-state index in [-0.39, 0.29) is 0 Å². The second-order valence-electron chi connectivity index (χ2n) is 4.47. The maximum atomic E-state index is 4.69. The summed E-state index contributed by atoms with van der Waals surface area (Å²) in [6, 6.07) is 1.24. The number of nitrogens with one attached hydrogen (secondary N) is 1. The first-order valence-electron chi connectivity index (χ1n) is 5.89. The third kappa shape index (κ3) is 3.22. The molecule has 0 amide bonds. The normalized spacial score (nSPS) is 17.7. The molecule has 1 unspecified atom stereocenters. The van der Waals surface area contributed by atoms with Gasteiger partial charge in [-0.05, 0) is 45.1 Å². The fraction of sp³-hybridized carbons (Fsp3) is 0.750. The first-order valence-corrected chi connectivity index (χ1v) is 8.10. The minimum absolute atomic E-state index is 0.484. The summed E-state index contributed by atoms with van der Waals surface area (Å²) in [6.45, 7) is 4.28. The molecule has 1 saturated carbocycles. The molecule has 1 N–H and O–H groups in total. The Morgan fingerprint density at radius 3 is 2.75 bits per heavy atom. The fourth-order valence-corrected chi connectivity index (χ4v) is 3.18. The minimum Gasteiger partial charge on any atom is -0.305 e. The molecule has 0 radical (unpaired) electrons. The minimum atomic E-state index is 0.484. The van der Waals surface area contributed by atoms with Gasteiger partial charge in [0, 0.05) is 10.9 Å². The van der Waals surface area contributed by atoms with Gasteiger partial charge in [-0.3, -0.25) is 0 Å². The molecule has 0 aromatic carbocycles. The predicted molar refractivity (Wildman–Crippen MR) is 73.5 cm³/mol. The van der Waals surface area contributed by atoms with Crippen LogP contribution in [-0.4, -0.2) is 23.0 Å². The highest BCUT2D eigenvalue weighted by atomic mass is 32.2. The molecular weight excluding hydrogens is 236 g/mol. The van der Waals surface area contributed by atoms with Gasteiger partial charge in [-0.2, -0.15) is 11.8 Å². The zero-order valence-corrected chi connectivity index (χ0v) is 11.9. The first-order chi connectivity index (χ1) is 7.70. The number of thioether (sulfide) groups is 1. The van der Waals surface area contributed by atoms with Gasteiger partial charge in [0.2, 0.25) is 0 Å². The Kier molecular flexibility index (Phi) is 4.27. The van der Waals surface area contributed by atoms with Crippen LogP contribution in [0.25, 0.3) is 0 Å². The van der Waals surface area contributed by atoms with Crippen molar-refractivity contribution in [3.05, 3.63) is 15.6 Å². The van der Waals surface area contributed by atoms with Crippen LogP contribution in [0, 0.1) is 13.8 Å². The van der Waals surface area contributed by atoms with E-state index in [0.29, 0.717) is 6.04 Å². The SMILES string of the molecule is CSCCC(NC1CC1)c1nc(C)c(C)s1. The van der Waals surface area contributed by atoms with Gasteiger partial charge in [-0.15, -0.1) is 11.3 Å². The molecule has 1 heterocycles. The third-order valence-corrected chi connectivity index (χ3v) is 4.80. The summed E-state index contributed by atoms with van der Waals surface area (Å²) in [5.74, 6) is 1.21. The van der Waals surface area contributed by atoms with E-state index < -0.39 is 0 Å². The number of nitrogens with zero attached hydrogens (tertiary/aromatic N) is 1. The van der Waals surface area contributed by atoms with Gasteiger partial charge in [-0.1, -0.05) is 0 Å². The molecule has 1 aromatic rings. The average molecular weight is 256 g/mol. The molecule has 2 rings (SSSR count). The molecular formula is C12H20N2S2. The van der Waals surface area contributed by atoms with Crippen LogP contribution in [0.1, 0.15) is 40.9 Å². The highest BCUT2D eigenvalue weighted by Gasteiger charge is 2.26. The molecule has 1 atom stereocenters. The van der Waals surface area contributed by atoms with E-state index in [0.717, 1.165) is 6.04 Å². The number of hydrogen-bond donors (Lipinski definition) is 1. The molecule has 4 heteroatoms. The Balaban J connectivity index is 2.03. The lowest BCUT2D eigenvalue weighted by Gasteiger charge is -2.15. The number of rotatable bonds is 6. The summed E-state index contributed by atoms with van der Waals surface area (Å²) in [5, 5.41) is 5.01. The van der Waals surface area contributed by atoms with E-state index in [2.05, 4.69) is 25.4 Å². The largest absolute Gasteiger partial charge is 0.305 e. The van der Waals surface area contributed by atoms with Crippen molar-refractivity contribution >= 4 is 23.1 Å². The molecule has 1 fully saturated rings. The van der Waals surface area contributed by atoms with E-state index in [1.807, 2.05) is 23.1 Å². The van der Waals surface area contributed by atoms with Crippen LogP contribution in [0.4, 0.5) is 0 Å². The van der Waals surface area contributed by atoms with Crippen molar-refractivity contribution in [3.8, 4) is 0 Å². The van der Waals surface area contributed by atoms with E-state index in [4.69, 9.17) is 4.98 Å². The quantitative estimate of drug-likeness (QED) is 0.845. The van der Waals surface area contributed by atoms with Gasteiger partial charge in [0.25, 0.3) is 0 Å². The number of thiazole rings is 1. The first kappa shape index (κ1) is 12.4. The Morgan fingerprint density at radius 2 is 2.25 bits per heavy atom. The van der Waals surface area contributed by atoms with Crippen LogP contribution in [0.2, 0.25) is 0 Å². The Bertz CT molecular complexity index is 325. The molecule has 1 aliphatic carbocycles. The van der Waals surface area contributed by atoms with E-state index in [1.165, 1.54) is 40.6 Å². The van der Waals surface area contributed by atoms with Gasteiger partial charge in [-0.25, -0.2) is 4.98 Å². The predicted octanol–water partition coefficient (Wildman–Crippen LogP) is 3.31.